The number of aryl methyl sites for hydroxylation is 1. The summed E-state index contributed by atoms with van der Waals surface area (Å²) in [5, 5.41) is 20.4. The van der Waals surface area contributed by atoms with E-state index in [1.165, 1.54) is 11.4 Å². The minimum atomic E-state index is -0.508. The number of piperidine rings is 1. The van der Waals surface area contributed by atoms with Crippen LogP contribution < -0.4 is 5.73 Å². The van der Waals surface area contributed by atoms with Crippen LogP contribution in [-0.2, 0) is 4.79 Å². The Morgan fingerprint density at radius 3 is 2.53 bits per heavy atom. The van der Waals surface area contributed by atoms with Gasteiger partial charge in [-0.15, -0.1) is 0 Å². The number of aliphatic hydroxyl groups excluding tert-OH is 1. The molecule has 11 nitrogen and oxygen atoms in total. The van der Waals surface area contributed by atoms with Crippen molar-refractivity contribution in [3.63, 3.8) is 0 Å². The number of anilines is 1. The van der Waals surface area contributed by atoms with Crippen LogP contribution in [0.4, 0.5) is 10.2 Å². The van der Waals surface area contributed by atoms with Gasteiger partial charge in [0.25, 0.3) is 0 Å². The third-order valence-corrected chi connectivity index (χ3v) is 7.80. The van der Waals surface area contributed by atoms with E-state index in [4.69, 9.17) is 10.7 Å². The zero-order chi connectivity index (χ0) is 26.7. The Morgan fingerprint density at radius 1 is 1.21 bits per heavy atom. The number of H-pyrrole nitrogens is 1. The maximum absolute atomic E-state index is 14.3. The Labute approximate surface area is 216 Å². The van der Waals surface area contributed by atoms with Gasteiger partial charge in [0, 0.05) is 35.3 Å². The van der Waals surface area contributed by atoms with E-state index in [2.05, 4.69) is 20.3 Å². The number of aromatic amines is 1. The maximum atomic E-state index is 14.3. The van der Waals surface area contributed by atoms with Gasteiger partial charge in [-0.25, -0.2) is 9.37 Å². The number of halogens is 1. The fourth-order valence-electron chi connectivity index (χ4n) is 6.06. The molecule has 3 atom stereocenters. The number of carbonyl (C=O) groups excluding carboxylic acids is 2. The number of amides is 1. The number of Topliss-reactive ketones (excluding diaryl/α,β-unsaturated/α-hetero) is 1. The molecule has 0 radical (unpaired) electrons. The Kier molecular flexibility index (Phi) is 5.71. The number of aliphatic hydroxyl groups is 1. The molecule has 2 aliphatic rings. The molecule has 0 aliphatic carbocycles. The Balaban J connectivity index is 1.41. The van der Waals surface area contributed by atoms with Crippen molar-refractivity contribution in [3.05, 3.63) is 47.3 Å². The van der Waals surface area contributed by atoms with Gasteiger partial charge in [-0.1, -0.05) is 6.07 Å². The van der Waals surface area contributed by atoms with Gasteiger partial charge in [-0.2, -0.15) is 14.7 Å². The molecule has 6 rings (SSSR count). The van der Waals surface area contributed by atoms with Crippen molar-refractivity contribution >= 4 is 23.2 Å². The normalized spacial score (nSPS) is 20.8. The second kappa shape index (κ2) is 8.98. The molecule has 196 valence electrons. The predicted octanol–water partition coefficient (Wildman–Crippen LogP) is 2.64. The van der Waals surface area contributed by atoms with Crippen molar-refractivity contribution in [3.8, 4) is 22.5 Å². The topological polar surface area (TPSA) is 155 Å². The van der Waals surface area contributed by atoms with Crippen molar-refractivity contribution in [2.75, 3.05) is 12.3 Å². The van der Waals surface area contributed by atoms with Crippen LogP contribution in [0.15, 0.2) is 24.5 Å². The smallest absolute Gasteiger partial charge is 0.248 e. The molecule has 0 unspecified atom stereocenters. The minimum absolute atomic E-state index is 0.00958. The van der Waals surface area contributed by atoms with Gasteiger partial charge < -0.3 is 15.7 Å². The number of ketones is 1. The molecule has 1 amide bonds. The molecule has 2 saturated heterocycles. The van der Waals surface area contributed by atoms with Crippen LogP contribution >= 0.6 is 0 Å². The molecular formula is C26H27FN8O3. The van der Waals surface area contributed by atoms with Crippen LogP contribution in [0.3, 0.4) is 0 Å². The number of nitrogens with two attached hydrogens (primary N) is 1. The van der Waals surface area contributed by atoms with Gasteiger partial charge in [0.05, 0.1) is 28.8 Å². The van der Waals surface area contributed by atoms with E-state index in [0.717, 1.165) is 12.8 Å². The lowest BCUT2D eigenvalue weighted by molar-refractivity contribution is -0.138. The van der Waals surface area contributed by atoms with E-state index < -0.39 is 12.4 Å². The van der Waals surface area contributed by atoms with E-state index in [1.54, 1.807) is 36.4 Å². The molecule has 0 saturated carbocycles. The molecule has 0 spiro atoms. The highest BCUT2D eigenvalue weighted by Gasteiger charge is 2.44. The average Bonchev–Trinajstić information content (AvgIpc) is 3.57. The number of carbonyl (C=O) groups is 2. The Hall–Kier alpha value is -4.19. The second-order valence-corrected chi connectivity index (χ2v) is 10.1. The van der Waals surface area contributed by atoms with E-state index in [9.17, 15) is 19.1 Å². The van der Waals surface area contributed by atoms with Gasteiger partial charge in [0.1, 0.15) is 18.1 Å². The number of nitrogens with one attached hydrogen (secondary N) is 1. The Morgan fingerprint density at radius 2 is 1.95 bits per heavy atom. The number of fused-ring (bicyclic) bond motifs is 3. The van der Waals surface area contributed by atoms with Crippen molar-refractivity contribution in [2.45, 2.75) is 57.5 Å². The zero-order valence-electron chi connectivity index (χ0n) is 21.0. The molecule has 4 aromatic heterocycles. The molecule has 6 heterocycles. The monoisotopic (exact) mass is 518 g/mol. The molecular weight excluding hydrogens is 491 g/mol. The van der Waals surface area contributed by atoms with Crippen LogP contribution in [0.25, 0.3) is 28.2 Å². The van der Waals surface area contributed by atoms with E-state index in [0.29, 0.717) is 52.3 Å². The molecule has 2 aliphatic heterocycles. The molecule has 2 fully saturated rings. The molecule has 4 N–H and O–H groups in total. The maximum Gasteiger partial charge on any atom is 0.248 e. The predicted molar refractivity (Wildman–Crippen MR) is 136 cm³/mol. The van der Waals surface area contributed by atoms with Crippen molar-refractivity contribution < 1.29 is 19.1 Å². The van der Waals surface area contributed by atoms with Crippen molar-refractivity contribution in [1.82, 2.24) is 34.7 Å². The quantitative estimate of drug-likeness (QED) is 0.341. The standard InChI is InChI=1S/C26H27FN8O3/c1-12-22(27)24(33-32-12)19-6-3-14(9-29-19)18-10-30-35-25(28)21(13(2)37)23(31-26(18)35)15-7-16-4-5-17(8-15)34(16)20(38)11-36/h3,6,9-10,15-17,36H,4-5,7-8,11,28H2,1-2H3,(H,32,33)/t15-,16-,17+. The summed E-state index contributed by atoms with van der Waals surface area (Å²) in [6, 6.07) is 3.45. The SMILES string of the molecule is CC(=O)c1c([C@@H]2C[C@H]3CC[C@@H](C2)N3C(=O)CO)nc2c(-c3ccc(-c4n[nH]c(C)c4F)nc3)cnn2c1N. The second-order valence-electron chi connectivity index (χ2n) is 10.1. The van der Waals surface area contributed by atoms with Gasteiger partial charge in [0.2, 0.25) is 5.91 Å². The summed E-state index contributed by atoms with van der Waals surface area (Å²) in [7, 11) is 0. The van der Waals surface area contributed by atoms with E-state index in [-0.39, 0.29) is 41.2 Å². The lowest BCUT2D eigenvalue weighted by Gasteiger charge is -2.39. The van der Waals surface area contributed by atoms with Crippen LogP contribution in [0.5, 0.6) is 0 Å². The first-order valence-corrected chi connectivity index (χ1v) is 12.6. The van der Waals surface area contributed by atoms with Crippen molar-refractivity contribution in [1.29, 1.82) is 0 Å². The van der Waals surface area contributed by atoms with Crippen LogP contribution in [0, 0.1) is 12.7 Å². The number of pyridine rings is 1. The zero-order valence-corrected chi connectivity index (χ0v) is 21.0. The third kappa shape index (κ3) is 3.66. The van der Waals surface area contributed by atoms with E-state index >= 15 is 0 Å². The Bertz CT molecular complexity index is 1560. The van der Waals surface area contributed by atoms with Crippen LogP contribution in [0.2, 0.25) is 0 Å². The number of nitrogen functional groups attached to an aromatic ring is 1. The fraction of sp³-hybridized carbons (Fsp3) is 0.385. The van der Waals surface area contributed by atoms with Crippen molar-refractivity contribution in [2.24, 2.45) is 0 Å². The fourth-order valence-corrected chi connectivity index (χ4v) is 6.06. The number of aromatic nitrogens is 6. The first-order valence-electron chi connectivity index (χ1n) is 12.6. The number of nitrogens with zero attached hydrogens (tertiary/aromatic N) is 6. The summed E-state index contributed by atoms with van der Waals surface area (Å²) in [6.45, 7) is 2.55. The van der Waals surface area contributed by atoms with Gasteiger partial charge in [0.15, 0.2) is 17.2 Å². The lowest BCUT2D eigenvalue weighted by atomic mass is 9.85. The first kappa shape index (κ1) is 24.2. The van der Waals surface area contributed by atoms with E-state index in [1.807, 2.05) is 0 Å². The summed E-state index contributed by atoms with van der Waals surface area (Å²) in [5.41, 5.74) is 10.2. The molecule has 0 aromatic carbocycles. The van der Waals surface area contributed by atoms with Gasteiger partial charge in [-0.05, 0) is 45.6 Å². The summed E-state index contributed by atoms with van der Waals surface area (Å²) in [6.07, 6.45) is 6.21. The van der Waals surface area contributed by atoms with Gasteiger partial charge >= 0.3 is 0 Å². The molecule has 4 aromatic rings. The largest absolute Gasteiger partial charge is 0.387 e. The third-order valence-electron chi connectivity index (χ3n) is 7.80. The van der Waals surface area contributed by atoms with Crippen LogP contribution in [0.1, 0.15) is 60.3 Å². The number of rotatable bonds is 5. The minimum Gasteiger partial charge on any atom is -0.387 e. The highest BCUT2D eigenvalue weighted by atomic mass is 19.1. The summed E-state index contributed by atoms with van der Waals surface area (Å²) in [4.78, 5) is 36.2. The first-order chi connectivity index (χ1) is 18.3. The summed E-state index contributed by atoms with van der Waals surface area (Å²) in [5.74, 6) is -0.769. The van der Waals surface area contributed by atoms with Crippen LogP contribution in [-0.4, -0.2) is 70.2 Å². The molecule has 12 heteroatoms. The molecule has 38 heavy (non-hydrogen) atoms. The summed E-state index contributed by atoms with van der Waals surface area (Å²) < 4.78 is 15.8. The summed E-state index contributed by atoms with van der Waals surface area (Å²) >= 11 is 0. The lowest BCUT2D eigenvalue weighted by Crippen LogP contribution is -2.47. The highest BCUT2D eigenvalue weighted by Crippen LogP contribution is 2.44. The number of hydrogen-bond donors (Lipinski definition) is 3. The molecule has 2 bridgehead atoms. The van der Waals surface area contributed by atoms with Gasteiger partial charge in [-0.3, -0.25) is 19.7 Å². The average molecular weight is 519 g/mol. The number of hydrogen-bond acceptors (Lipinski definition) is 8. The highest BCUT2D eigenvalue weighted by molar-refractivity contribution is 6.00.